The maximum Gasteiger partial charge on any atom is 0.341 e. The summed E-state index contributed by atoms with van der Waals surface area (Å²) in [5, 5.41) is 4.23. The summed E-state index contributed by atoms with van der Waals surface area (Å²) in [6.07, 6.45) is 1.83. The van der Waals surface area contributed by atoms with Crippen LogP contribution < -0.4 is 5.32 Å². The first kappa shape index (κ1) is 22.0. The zero-order chi connectivity index (χ0) is 21.5. The molecule has 0 spiro atoms. The summed E-state index contributed by atoms with van der Waals surface area (Å²) in [4.78, 5) is 34.3. The molecule has 0 aliphatic heterocycles. The Morgan fingerprint density at radius 2 is 1.93 bits per heavy atom. The average molecular weight is 442 g/mol. The minimum Gasteiger partial charge on any atom is -0.462 e. The molecule has 0 fully saturated rings. The number of amides is 1. The highest BCUT2D eigenvalue weighted by atomic mass is 32.2. The summed E-state index contributed by atoms with van der Waals surface area (Å²) in [5.41, 5.74) is 3.16. The van der Waals surface area contributed by atoms with Gasteiger partial charge in [0, 0.05) is 22.6 Å². The molecule has 8 heteroatoms. The molecule has 0 radical (unpaired) electrons. The molecule has 6 nitrogen and oxygen atoms in total. The van der Waals surface area contributed by atoms with Gasteiger partial charge >= 0.3 is 5.97 Å². The fourth-order valence-electron chi connectivity index (χ4n) is 2.79. The van der Waals surface area contributed by atoms with E-state index in [9.17, 15) is 9.59 Å². The van der Waals surface area contributed by atoms with Crippen molar-refractivity contribution in [2.24, 2.45) is 0 Å². The third-order valence-corrected chi connectivity index (χ3v) is 6.46. The lowest BCUT2D eigenvalue weighted by molar-refractivity contribution is -0.115. The fourth-order valence-corrected chi connectivity index (χ4v) is 4.66. The van der Waals surface area contributed by atoms with E-state index in [-0.39, 0.29) is 5.91 Å². The summed E-state index contributed by atoms with van der Waals surface area (Å²) >= 11 is 2.89. The number of aromatic nitrogens is 2. The van der Waals surface area contributed by atoms with E-state index in [1.54, 1.807) is 6.92 Å². The summed E-state index contributed by atoms with van der Waals surface area (Å²) in [7, 11) is 0. The number of nitrogens with one attached hydrogen (secondary N) is 1. The number of thioether (sulfide) groups is 1. The highest BCUT2D eigenvalue weighted by Crippen LogP contribution is 2.33. The Balaban J connectivity index is 1.59. The van der Waals surface area contributed by atoms with E-state index < -0.39 is 5.97 Å². The van der Waals surface area contributed by atoms with Crippen LogP contribution in [0.15, 0.2) is 47.8 Å². The topological polar surface area (TPSA) is 81.2 Å². The summed E-state index contributed by atoms with van der Waals surface area (Å²) in [6.45, 7) is 5.84. The van der Waals surface area contributed by atoms with E-state index in [0.717, 1.165) is 26.7 Å². The van der Waals surface area contributed by atoms with Crippen LogP contribution in [0, 0.1) is 13.8 Å². The van der Waals surface area contributed by atoms with Crippen molar-refractivity contribution < 1.29 is 14.3 Å². The predicted octanol–water partition coefficient (Wildman–Crippen LogP) is 5.12. The number of esters is 1. The van der Waals surface area contributed by atoms with Crippen LogP contribution in [-0.4, -0.2) is 34.2 Å². The van der Waals surface area contributed by atoms with Gasteiger partial charge in [-0.05, 0) is 32.4 Å². The Morgan fingerprint density at radius 1 is 1.17 bits per heavy atom. The Morgan fingerprint density at radius 3 is 2.67 bits per heavy atom. The van der Waals surface area contributed by atoms with Crippen molar-refractivity contribution in [3.8, 4) is 11.3 Å². The standard InChI is InChI=1S/C22H23N3O3S2/c1-4-28-22(27)20-14(2)15(3)30-21(20)25-18(26)10-11-29-19-12-17(23-13-24-19)16-8-6-5-7-9-16/h5-9,12-13H,4,10-11H2,1-3H3,(H,25,26). The van der Waals surface area contributed by atoms with E-state index in [0.29, 0.717) is 29.3 Å². The van der Waals surface area contributed by atoms with E-state index in [1.807, 2.05) is 50.2 Å². The molecule has 2 aromatic heterocycles. The lowest BCUT2D eigenvalue weighted by Crippen LogP contribution is -2.15. The van der Waals surface area contributed by atoms with Crippen molar-refractivity contribution >= 4 is 40.0 Å². The van der Waals surface area contributed by atoms with Crippen molar-refractivity contribution in [3.05, 3.63) is 58.7 Å². The van der Waals surface area contributed by atoms with E-state index in [1.165, 1.54) is 29.4 Å². The third kappa shape index (κ3) is 5.46. The quantitative estimate of drug-likeness (QED) is 0.297. The predicted molar refractivity (Wildman–Crippen MR) is 121 cm³/mol. The van der Waals surface area contributed by atoms with Gasteiger partial charge in [0.2, 0.25) is 5.91 Å². The van der Waals surface area contributed by atoms with E-state index in [4.69, 9.17) is 4.74 Å². The second-order valence-electron chi connectivity index (χ2n) is 6.46. The first-order chi connectivity index (χ1) is 14.5. The van der Waals surface area contributed by atoms with E-state index in [2.05, 4.69) is 15.3 Å². The number of rotatable bonds is 8. The monoisotopic (exact) mass is 441 g/mol. The summed E-state index contributed by atoms with van der Waals surface area (Å²) < 4.78 is 5.13. The molecule has 1 N–H and O–H groups in total. The largest absolute Gasteiger partial charge is 0.462 e. The lowest BCUT2D eigenvalue weighted by atomic mass is 10.1. The van der Waals surface area contributed by atoms with Gasteiger partial charge in [0.1, 0.15) is 11.3 Å². The fraction of sp³-hybridized carbons (Fsp3) is 0.273. The molecule has 0 saturated heterocycles. The number of carbonyl (C=O) groups is 2. The van der Waals surface area contributed by atoms with Crippen LogP contribution in [0.3, 0.4) is 0 Å². The molecule has 0 unspecified atom stereocenters. The zero-order valence-electron chi connectivity index (χ0n) is 17.1. The summed E-state index contributed by atoms with van der Waals surface area (Å²) in [5.74, 6) is 0.0138. The van der Waals surface area contributed by atoms with Crippen molar-refractivity contribution in [2.45, 2.75) is 32.2 Å². The third-order valence-electron chi connectivity index (χ3n) is 4.41. The van der Waals surface area contributed by atoms with E-state index >= 15 is 0 Å². The lowest BCUT2D eigenvalue weighted by Gasteiger charge is -2.07. The molecule has 0 aliphatic rings. The smallest absolute Gasteiger partial charge is 0.341 e. The van der Waals surface area contributed by atoms with Gasteiger partial charge < -0.3 is 10.1 Å². The highest BCUT2D eigenvalue weighted by molar-refractivity contribution is 7.99. The molecule has 0 aliphatic carbocycles. The Labute approximate surface area is 184 Å². The first-order valence-corrected chi connectivity index (χ1v) is 11.4. The van der Waals surface area contributed by atoms with Crippen LogP contribution in [-0.2, 0) is 9.53 Å². The molecule has 156 valence electrons. The van der Waals surface area contributed by atoms with Gasteiger partial charge in [-0.3, -0.25) is 4.79 Å². The van der Waals surface area contributed by atoms with Gasteiger partial charge in [-0.15, -0.1) is 23.1 Å². The Kier molecular flexibility index (Phi) is 7.59. The molecule has 0 atom stereocenters. The van der Waals surface area contributed by atoms with Crippen molar-refractivity contribution in [1.82, 2.24) is 9.97 Å². The van der Waals surface area contributed by atoms with Crippen LogP contribution in [0.5, 0.6) is 0 Å². The molecule has 1 aromatic carbocycles. The molecule has 2 heterocycles. The second kappa shape index (κ2) is 10.4. The number of benzene rings is 1. The van der Waals surface area contributed by atoms with Crippen LogP contribution >= 0.6 is 23.1 Å². The molecular formula is C22H23N3O3S2. The number of nitrogens with zero attached hydrogens (tertiary/aromatic N) is 2. The van der Waals surface area contributed by atoms with Crippen molar-refractivity contribution in [2.75, 3.05) is 17.7 Å². The number of carbonyl (C=O) groups excluding carboxylic acids is 2. The van der Waals surface area contributed by atoms with Gasteiger partial charge in [-0.2, -0.15) is 0 Å². The minimum atomic E-state index is -0.404. The minimum absolute atomic E-state index is 0.147. The first-order valence-electron chi connectivity index (χ1n) is 9.56. The zero-order valence-corrected chi connectivity index (χ0v) is 18.7. The maximum absolute atomic E-state index is 12.4. The summed E-state index contributed by atoms with van der Waals surface area (Å²) in [6, 6.07) is 11.8. The average Bonchev–Trinajstić information content (AvgIpc) is 3.02. The Bertz CT molecular complexity index is 1040. The van der Waals surface area contributed by atoms with Gasteiger partial charge in [0.25, 0.3) is 0 Å². The number of aryl methyl sites for hydroxylation is 1. The molecule has 3 aromatic rings. The Hall–Kier alpha value is -2.71. The number of anilines is 1. The van der Waals surface area contributed by atoms with Crippen molar-refractivity contribution in [1.29, 1.82) is 0 Å². The molecule has 30 heavy (non-hydrogen) atoms. The molecule has 0 saturated carbocycles. The molecule has 0 bridgehead atoms. The van der Waals surface area contributed by atoms with Crippen LogP contribution in [0.2, 0.25) is 0 Å². The van der Waals surface area contributed by atoms with Crippen molar-refractivity contribution in [3.63, 3.8) is 0 Å². The maximum atomic E-state index is 12.4. The number of ether oxygens (including phenoxy) is 1. The highest BCUT2D eigenvalue weighted by Gasteiger charge is 2.22. The molecule has 3 rings (SSSR count). The normalized spacial score (nSPS) is 10.6. The van der Waals surface area contributed by atoms with Gasteiger partial charge in [0.05, 0.1) is 22.9 Å². The van der Waals surface area contributed by atoms with Crippen LogP contribution in [0.4, 0.5) is 5.00 Å². The SMILES string of the molecule is CCOC(=O)c1c(NC(=O)CCSc2cc(-c3ccccc3)ncn2)sc(C)c1C. The van der Waals surface area contributed by atoms with Gasteiger partial charge in [-0.25, -0.2) is 14.8 Å². The number of hydrogen-bond acceptors (Lipinski definition) is 7. The van der Waals surface area contributed by atoms with Gasteiger partial charge in [0.15, 0.2) is 0 Å². The van der Waals surface area contributed by atoms with Crippen LogP contribution in [0.1, 0.15) is 34.1 Å². The van der Waals surface area contributed by atoms with Gasteiger partial charge in [-0.1, -0.05) is 30.3 Å². The number of hydrogen-bond donors (Lipinski definition) is 1. The van der Waals surface area contributed by atoms with Crippen LogP contribution in [0.25, 0.3) is 11.3 Å². The molecule has 1 amide bonds. The second-order valence-corrected chi connectivity index (χ2v) is 8.80. The number of thiophene rings is 1. The molecular weight excluding hydrogens is 418 g/mol.